The molecule has 0 saturated carbocycles. The van der Waals surface area contributed by atoms with E-state index in [1.807, 2.05) is 14.0 Å². The van der Waals surface area contributed by atoms with Crippen molar-refractivity contribution in [1.29, 1.82) is 0 Å². The Kier molecular flexibility index (Phi) is 10.5. The van der Waals surface area contributed by atoms with E-state index >= 15 is 0 Å². The summed E-state index contributed by atoms with van der Waals surface area (Å²) < 4.78 is 26.4. The first kappa shape index (κ1) is 24.1. The summed E-state index contributed by atoms with van der Waals surface area (Å²) in [4.78, 5) is 16.2. The average molecular weight is 413 g/mol. The zero-order valence-corrected chi connectivity index (χ0v) is 16.8. The summed E-state index contributed by atoms with van der Waals surface area (Å²) >= 11 is 0. The maximum atomic E-state index is 12.5. The molecule has 7 nitrogen and oxygen atoms in total. The van der Waals surface area contributed by atoms with Crippen molar-refractivity contribution in [2.75, 3.05) is 26.7 Å². The first-order valence-electron chi connectivity index (χ1n) is 7.80. The summed E-state index contributed by atoms with van der Waals surface area (Å²) in [6, 6.07) is 3.36. The molecule has 10 heteroatoms. The van der Waals surface area contributed by atoms with Crippen LogP contribution < -0.4 is 10.6 Å². The lowest BCUT2D eigenvalue weighted by Gasteiger charge is -2.30. The van der Waals surface area contributed by atoms with E-state index in [0.29, 0.717) is 32.5 Å². The Hall–Kier alpha value is -0.930. The van der Waals surface area contributed by atoms with Crippen molar-refractivity contribution >= 4 is 40.7 Å². The van der Waals surface area contributed by atoms with Crippen LogP contribution in [0.1, 0.15) is 19.8 Å². The molecule has 1 amide bonds. The largest absolute Gasteiger partial charge is 0.354 e. The molecule has 1 fully saturated rings. The summed E-state index contributed by atoms with van der Waals surface area (Å²) in [7, 11) is -1.67. The van der Waals surface area contributed by atoms with Crippen molar-refractivity contribution in [3.63, 3.8) is 0 Å². The molecule has 1 aliphatic rings. The highest BCUT2D eigenvalue weighted by Crippen LogP contribution is 2.23. The number of carbonyl (C=O) groups excluding carboxylic acids is 1. The van der Waals surface area contributed by atoms with Gasteiger partial charge in [-0.15, -0.1) is 24.8 Å². The molecule has 0 aromatic carbocycles. The van der Waals surface area contributed by atoms with Gasteiger partial charge < -0.3 is 10.6 Å². The van der Waals surface area contributed by atoms with Gasteiger partial charge in [-0.1, -0.05) is 0 Å². The summed E-state index contributed by atoms with van der Waals surface area (Å²) in [5.74, 6) is -0.120. The Balaban J connectivity index is 0.00000288. The maximum Gasteiger partial charge on any atom is 0.244 e. The molecule has 25 heavy (non-hydrogen) atoms. The number of carbonyl (C=O) groups is 1. The summed E-state index contributed by atoms with van der Waals surface area (Å²) in [5, 5.41) is 5.97. The normalized spacial score (nSPS) is 17.0. The lowest BCUT2D eigenvalue weighted by molar-refractivity contribution is -0.126. The maximum absolute atomic E-state index is 12.5. The molecule has 1 atom stereocenters. The van der Waals surface area contributed by atoms with E-state index in [1.54, 1.807) is 18.3 Å². The van der Waals surface area contributed by atoms with Gasteiger partial charge in [-0.25, -0.2) is 8.42 Å². The number of piperidine rings is 1. The predicted molar refractivity (Wildman–Crippen MR) is 102 cm³/mol. The Morgan fingerprint density at radius 1 is 1.36 bits per heavy atom. The summed E-state index contributed by atoms with van der Waals surface area (Å²) in [6.07, 6.45) is 3.98. The number of halogens is 2. The SMILES string of the molecule is CNC(C)CNC(=O)C1CCN(S(=O)(=O)c2cccnc2)CC1.Cl.Cl. The Morgan fingerprint density at radius 2 is 2.00 bits per heavy atom. The molecular formula is C15H26Cl2N4O3S. The summed E-state index contributed by atoms with van der Waals surface area (Å²) in [5.41, 5.74) is 0. The van der Waals surface area contributed by atoms with E-state index in [1.165, 1.54) is 10.5 Å². The minimum absolute atomic E-state index is 0. The van der Waals surface area contributed by atoms with Gasteiger partial charge in [-0.3, -0.25) is 9.78 Å². The number of sulfonamides is 1. The van der Waals surface area contributed by atoms with Crippen LogP contribution in [0.3, 0.4) is 0 Å². The highest BCUT2D eigenvalue weighted by atomic mass is 35.5. The Bertz CT molecular complexity index is 623. The van der Waals surface area contributed by atoms with Gasteiger partial charge in [-0.2, -0.15) is 4.31 Å². The molecule has 1 unspecified atom stereocenters. The van der Waals surface area contributed by atoms with Gasteiger partial charge in [-0.05, 0) is 38.9 Å². The molecule has 1 saturated heterocycles. The van der Waals surface area contributed by atoms with E-state index in [2.05, 4.69) is 15.6 Å². The third kappa shape index (κ3) is 6.38. The van der Waals surface area contributed by atoms with Crippen molar-refractivity contribution in [2.45, 2.75) is 30.7 Å². The average Bonchev–Trinajstić information content (AvgIpc) is 2.60. The third-order valence-corrected chi connectivity index (χ3v) is 6.05. The minimum atomic E-state index is -3.51. The number of amides is 1. The molecule has 2 heterocycles. The molecule has 0 radical (unpaired) electrons. The predicted octanol–water partition coefficient (Wildman–Crippen LogP) is 1.05. The van der Waals surface area contributed by atoms with Crippen LogP contribution in [0, 0.1) is 5.92 Å². The number of pyridine rings is 1. The lowest BCUT2D eigenvalue weighted by Crippen LogP contribution is -2.45. The van der Waals surface area contributed by atoms with E-state index in [-0.39, 0.29) is 47.6 Å². The van der Waals surface area contributed by atoms with Crippen molar-refractivity contribution in [3.05, 3.63) is 24.5 Å². The topological polar surface area (TPSA) is 91.4 Å². The molecule has 144 valence electrons. The summed E-state index contributed by atoms with van der Waals surface area (Å²) in [6.45, 7) is 3.28. The van der Waals surface area contributed by atoms with Gasteiger partial charge in [0.15, 0.2) is 0 Å². The number of likely N-dealkylation sites (N-methyl/N-ethyl adjacent to an activating group) is 1. The van der Waals surface area contributed by atoms with Gasteiger partial charge in [0.05, 0.1) is 0 Å². The van der Waals surface area contributed by atoms with Gasteiger partial charge in [0.25, 0.3) is 0 Å². The van der Waals surface area contributed by atoms with Crippen molar-refractivity contribution in [1.82, 2.24) is 19.9 Å². The monoisotopic (exact) mass is 412 g/mol. The quantitative estimate of drug-likeness (QED) is 0.728. The Labute approximate surface area is 161 Å². The second kappa shape index (κ2) is 10.9. The van der Waals surface area contributed by atoms with Crippen LogP contribution in [0.4, 0.5) is 0 Å². The van der Waals surface area contributed by atoms with Crippen LogP contribution in [0.2, 0.25) is 0 Å². The van der Waals surface area contributed by atoms with E-state index in [9.17, 15) is 13.2 Å². The molecule has 1 aromatic rings. The number of hydrogen-bond donors (Lipinski definition) is 2. The fourth-order valence-corrected chi connectivity index (χ4v) is 3.94. The van der Waals surface area contributed by atoms with Crippen LogP contribution in [0.25, 0.3) is 0 Å². The van der Waals surface area contributed by atoms with Crippen molar-refractivity contribution in [2.24, 2.45) is 5.92 Å². The standard InChI is InChI=1S/C15H24N4O3S.2ClH/c1-12(16-2)10-18-15(20)13-5-8-19(9-6-13)23(21,22)14-4-3-7-17-11-14;;/h3-4,7,11-13,16H,5-6,8-10H2,1-2H3,(H,18,20);2*1H. The van der Waals surface area contributed by atoms with Crippen LogP contribution in [0.15, 0.2) is 29.4 Å². The number of hydrogen-bond acceptors (Lipinski definition) is 5. The fraction of sp³-hybridized carbons (Fsp3) is 0.600. The first-order valence-corrected chi connectivity index (χ1v) is 9.24. The molecule has 2 N–H and O–H groups in total. The number of nitrogens with zero attached hydrogens (tertiary/aromatic N) is 2. The molecule has 0 aliphatic carbocycles. The van der Waals surface area contributed by atoms with Gasteiger partial charge in [0, 0.05) is 44.0 Å². The van der Waals surface area contributed by atoms with E-state index in [0.717, 1.165) is 0 Å². The smallest absolute Gasteiger partial charge is 0.244 e. The molecule has 2 rings (SSSR count). The minimum Gasteiger partial charge on any atom is -0.354 e. The van der Waals surface area contributed by atoms with Crippen LogP contribution in [-0.4, -0.2) is 56.3 Å². The Morgan fingerprint density at radius 3 is 2.52 bits per heavy atom. The zero-order valence-electron chi connectivity index (χ0n) is 14.3. The number of nitrogens with one attached hydrogen (secondary N) is 2. The van der Waals surface area contributed by atoms with Gasteiger partial charge in [0.1, 0.15) is 4.90 Å². The second-order valence-electron chi connectivity index (χ2n) is 5.80. The molecular weight excluding hydrogens is 387 g/mol. The highest BCUT2D eigenvalue weighted by molar-refractivity contribution is 7.89. The van der Waals surface area contributed by atoms with E-state index in [4.69, 9.17) is 0 Å². The van der Waals surface area contributed by atoms with Crippen LogP contribution in [0.5, 0.6) is 0 Å². The molecule has 0 spiro atoms. The molecule has 1 aromatic heterocycles. The van der Waals surface area contributed by atoms with E-state index < -0.39 is 10.0 Å². The molecule has 0 bridgehead atoms. The second-order valence-corrected chi connectivity index (χ2v) is 7.74. The molecule has 1 aliphatic heterocycles. The number of aromatic nitrogens is 1. The number of rotatable bonds is 6. The first-order chi connectivity index (χ1) is 10.9. The zero-order chi connectivity index (χ0) is 16.9. The van der Waals surface area contributed by atoms with Gasteiger partial charge in [0.2, 0.25) is 15.9 Å². The third-order valence-electron chi connectivity index (χ3n) is 4.17. The van der Waals surface area contributed by atoms with Crippen molar-refractivity contribution < 1.29 is 13.2 Å². The van der Waals surface area contributed by atoms with Crippen LogP contribution >= 0.6 is 24.8 Å². The highest BCUT2D eigenvalue weighted by Gasteiger charge is 2.32. The fourth-order valence-electron chi connectivity index (χ4n) is 2.51. The van der Waals surface area contributed by atoms with Crippen LogP contribution in [-0.2, 0) is 14.8 Å². The van der Waals surface area contributed by atoms with Gasteiger partial charge >= 0.3 is 0 Å². The lowest BCUT2D eigenvalue weighted by atomic mass is 9.97. The van der Waals surface area contributed by atoms with Crippen molar-refractivity contribution in [3.8, 4) is 0 Å².